The summed E-state index contributed by atoms with van der Waals surface area (Å²) in [6, 6.07) is 13.3. The third-order valence-corrected chi connectivity index (χ3v) is 13.9. The van der Waals surface area contributed by atoms with Crippen molar-refractivity contribution in [2.75, 3.05) is 20.1 Å². The molecule has 2 aromatic carbocycles. The molecule has 3 aliphatic heterocycles. The highest BCUT2D eigenvalue weighted by Crippen LogP contribution is 2.55. The van der Waals surface area contributed by atoms with Gasteiger partial charge in [-0.3, -0.25) is 18.9 Å². The van der Waals surface area contributed by atoms with Gasteiger partial charge in [-0.25, -0.2) is 4.39 Å². The summed E-state index contributed by atoms with van der Waals surface area (Å²) in [5.41, 5.74) is 0.719. The fraction of sp³-hybridized carbons (Fsp3) is 0.553. The molecule has 10 nitrogen and oxygen atoms in total. The molecule has 16 heteroatoms. The predicted octanol–water partition coefficient (Wildman–Crippen LogP) is 6.88. The van der Waals surface area contributed by atoms with E-state index >= 15 is 0 Å². The van der Waals surface area contributed by atoms with Crippen molar-refractivity contribution in [3.63, 3.8) is 0 Å². The topological polar surface area (TPSA) is 130 Å². The minimum Gasteiger partial charge on any atom is -0.340 e. The van der Waals surface area contributed by atoms with Gasteiger partial charge in [0.05, 0.1) is 4.88 Å². The predicted molar refractivity (Wildman–Crippen MR) is 196 cm³/mol. The Morgan fingerprint density at radius 3 is 2.50 bits per heavy atom. The third-order valence-electron chi connectivity index (χ3n) is 11.9. The molecule has 3 aromatic rings. The van der Waals surface area contributed by atoms with E-state index in [2.05, 4.69) is 17.4 Å². The minimum absolute atomic E-state index is 0.0737. The number of alkyl halides is 4. The molecule has 0 bridgehead atoms. The number of nitrogens with one attached hydrogen (secondary N) is 1. The van der Waals surface area contributed by atoms with E-state index in [9.17, 15) is 46.3 Å². The molecule has 4 aliphatic rings. The first-order chi connectivity index (χ1) is 25.5. The minimum atomic E-state index is -5.05. The van der Waals surface area contributed by atoms with E-state index in [1.54, 1.807) is 11.9 Å². The molecule has 0 radical (unpaired) electrons. The number of amides is 3. The van der Waals surface area contributed by atoms with Crippen molar-refractivity contribution in [3.8, 4) is 0 Å². The smallest absolute Gasteiger partial charge is 0.340 e. The van der Waals surface area contributed by atoms with Gasteiger partial charge in [-0.2, -0.15) is 13.2 Å². The lowest BCUT2D eigenvalue weighted by molar-refractivity contribution is -0.148. The van der Waals surface area contributed by atoms with Gasteiger partial charge in [0.2, 0.25) is 17.7 Å². The maximum Gasteiger partial charge on any atom is 0.389 e. The van der Waals surface area contributed by atoms with Crippen LogP contribution < -0.4 is 5.32 Å². The van der Waals surface area contributed by atoms with Crippen molar-refractivity contribution in [3.05, 3.63) is 70.6 Å². The highest BCUT2D eigenvalue weighted by Gasteiger charge is 2.58. The second-order valence-corrected chi connectivity index (χ2v) is 18.2. The van der Waals surface area contributed by atoms with Gasteiger partial charge < -0.3 is 29.8 Å². The number of carbonyl (C=O) groups is 3. The van der Waals surface area contributed by atoms with E-state index in [4.69, 9.17) is 0 Å². The largest absolute Gasteiger partial charge is 0.389 e. The fourth-order valence-corrected chi connectivity index (χ4v) is 10.4. The summed E-state index contributed by atoms with van der Waals surface area (Å²) in [7, 11) is -3.27. The molecule has 1 aromatic heterocycles. The highest BCUT2D eigenvalue weighted by atomic mass is 32.1. The third kappa shape index (κ3) is 8.11. The molecule has 292 valence electrons. The van der Waals surface area contributed by atoms with Crippen LogP contribution in [0.5, 0.6) is 0 Å². The van der Waals surface area contributed by atoms with Crippen molar-refractivity contribution < 1.29 is 46.3 Å². The van der Waals surface area contributed by atoms with Gasteiger partial charge in [-0.1, -0.05) is 36.4 Å². The molecule has 4 heterocycles. The number of thiophene rings is 1. The number of fused-ring (bicyclic) bond motifs is 2. The van der Waals surface area contributed by atoms with Crippen LogP contribution in [0.15, 0.2) is 54.6 Å². The van der Waals surface area contributed by atoms with E-state index in [1.807, 2.05) is 28.0 Å². The van der Waals surface area contributed by atoms with Crippen LogP contribution in [0.2, 0.25) is 0 Å². The summed E-state index contributed by atoms with van der Waals surface area (Å²) in [4.78, 5) is 67.3. The lowest BCUT2D eigenvalue weighted by Crippen LogP contribution is -2.59. The molecular weight excluding hydrogens is 747 g/mol. The summed E-state index contributed by atoms with van der Waals surface area (Å²) in [5, 5.41) is 3.29. The highest BCUT2D eigenvalue weighted by molar-refractivity contribution is 7.51. The van der Waals surface area contributed by atoms with Crippen LogP contribution in [-0.2, 0) is 14.2 Å². The quantitative estimate of drug-likeness (QED) is 0.151. The number of nitrogens with zero attached hydrogens (tertiary/aromatic N) is 3. The Hall–Kier alpha value is -3.36. The summed E-state index contributed by atoms with van der Waals surface area (Å²) in [6.07, 6.45) is -0.443. The number of likely N-dealkylation sites (tertiary alicyclic amines) is 1. The Bertz CT molecular complexity index is 1940. The first-order valence-electron chi connectivity index (χ1n) is 18.5. The van der Waals surface area contributed by atoms with Gasteiger partial charge in [0.1, 0.15) is 12.1 Å². The first kappa shape index (κ1) is 38.9. The number of benzene rings is 2. The van der Waals surface area contributed by atoms with E-state index < -0.39 is 44.1 Å². The lowest BCUT2D eigenvalue weighted by atomic mass is 9.93. The average Bonchev–Trinajstić information content (AvgIpc) is 3.42. The number of hydrogen-bond donors (Lipinski definition) is 3. The van der Waals surface area contributed by atoms with E-state index in [0.29, 0.717) is 42.3 Å². The van der Waals surface area contributed by atoms with Gasteiger partial charge in [0.15, 0.2) is 0 Å². The number of hydrogen-bond acceptors (Lipinski definition) is 6. The molecule has 3 saturated heterocycles. The SMILES string of the molecule is CN(CCCC(F)(F)F)[C@H]1CC[C@H](NC(=O)c2cc3cc([C@@H](F)P(=O)(O)O)ccc3s2)C(=O)N2[C@H](CC[C@H]2C(=O)N2C[C@H](c3ccccc3)CC23CC3)C1. The molecule has 7 rings (SSSR count). The van der Waals surface area contributed by atoms with Crippen LogP contribution in [0.25, 0.3) is 10.1 Å². The lowest BCUT2D eigenvalue weighted by Gasteiger charge is -2.41. The first-order valence-corrected chi connectivity index (χ1v) is 21.0. The van der Waals surface area contributed by atoms with Crippen molar-refractivity contribution in [1.82, 2.24) is 20.0 Å². The zero-order chi connectivity index (χ0) is 38.6. The maximum atomic E-state index is 14.6. The van der Waals surface area contributed by atoms with Crippen LogP contribution in [0, 0.1) is 0 Å². The Labute approximate surface area is 315 Å². The Morgan fingerprint density at radius 2 is 1.81 bits per heavy atom. The van der Waals surface area contributed by atoms with Gasteiger partial charge in [0, 0.05) is 41.2 Å². The molecule has 1 spiro atoms. The molecule has 6 atom stereocenters. The summed E-state index contributed by atoms with van der Waals surface area (Å²) >= 11 is 1.08. The molecule has 4 fully saturated rings. The second-order valence-electron chi connectivity index (χ2n) is 15.5. The number of rotatable bonds is 10. The standard InChI is InChI=1S/C38H45F4N4O6PS/c1-44(17-5-14-38(40,41)42)27-9-11-29(43-34(47)32-19-25-18-24(8-13-31(25)54-32)33(39)53(50,51)52)35(48)46-28(20-27)10-12-30(46)36(49)45-22-26(21-37(45)15-16-37)23-6-3-2-4-7-23/h2-4,6-8,13,18-19,26-30,33H,5,9-12,14-17,20-22H2,1H3,(H,43,47)(H2,50,51,52)/t26-,27+,28-,29+,30+,33+/m1/s1. The number of carbonyl (C=O) groups excluding carboxylic acids is 3. The molecule has 1 saturated carbocycles. The monoisotopic (exact) mass is 792 g/mol. The van der Waals surface area contributed by atoms with Crippen LogP contribution in [-0.4, -0.2) is 98.2 Å². The Kier molecular flexibility index (Phi) is 10.8. The van der Waals surface area contributed by atoms with Crippen molar-refractivity contribution in [1.29, 1.82) is 0 Å². The van der Waals surface area contributed by atoms with E-state index in [-0.39, 0.29) is 65.2 Å². The summed E-state index contributed by atoms with van der Waals surface area (Å²) in [5.74, 6) is -3.36. The van der Waals surface area contributed by atoms with Crippen molar-refractivity contribution in [2.45, 2.75) is 112 Å². The van der Waals surface area contributed by atoms with Gasteiger partial charge in [0.25, 0.3) is 5.91 Å². The zero-order valence-corrected chi connectivity index (χ0v) is 31.6. The number of halogens is 4. The average molecular weight is 793 g/mol. The van der Waals surface area contributed by atoms with Crippen molar-refractivity contribution in [2.24, 2.45) is 0 Å². The molecule has 0 unspecified atom stereocenters. The normalized spacial score (nSPS) is 26.2. The van der Waals surface area contributed by atoms with Gasteiger partial charge in [-0.05, 0) is 106 Å². The zero-order valence-electron chi connectivity index (χ0n) is 29.9. The molecule has 3 N–H and O–H groups in total. The molecular formula is C38H45F4N4O6PS. The Balaban J connectivity index is 1.13. The molecule has 3 amide bonds. The van der Waals surface area contributed by atoms with Crippen LogP contribution >= 0.6 is 18.9 Å². The Morgan fingerprint density at radius 1 is 1.07 bits per heavy atom. The fourth-order valence-electron chi connectivity index (χ4n) is 8.89. The van der Waals surface area contributed by atoms with Gasteiger partial charge in [-0.15, -0.1) is 11.3 Å². The molecule has 1 aliphatic carbocycles. The van der Waals surface area contributed by atoms with E-state index in [1.165, 1.54) is 29.8 Å². The summed E-state index contributed by atoms with van der Waals surface area (Å²) < 4.78 is 65.6. The maximum absolute atomic E-state index is 14.6. The van der Waals surface area contributed by atoms with E-state index in [0.717, 1.165) is 30.6 Å². The van der Waals surface area contributed by atoms with Crippen LogP contribution in [0.3, 0.4) is 0 Å². The summed E-state index contributed by atoms with van der Waals surface area (Å²) in [6.45, 7) is 0.759. The second kappa shape index (κ2) is 14.9. The molecule has 54 heavy (non-hydrogen) atoms. The van der Waals surface area contributed by atoms with Crippen molar-refractivity contribution >= 4 is 46.7 Å². The van der Waals surface area contributed by atoms with Crippen LogP contribution in [0.1, 0.15) is 96.8 Å². The van der Waals surface area contributed by atoms with Gasteiger partial charge >= 0.3 is 13.8 Å². The van der Waals surface area contributed by atoms with Crippen LogP contribution in [0.4, 0.5) is 17.6 Å².